The first-order chi connectivity index (χ1) is 7.00. The smallest absolute Gasteiger partial charge is 0.282 e. The highest BCUT2D eigenvalue weighted by atomic mass is 79.9. The second-order valence-corrected chi connectivity index (χ2v) is 5.31. The first-order valence-electron chi connectivity index (χ1n) is 4.15. The van der Waals surface area contributed by atoms with E-state index in [2.05, 4.69) is 15.9 Å². The van der Waals surface area contributed by atoms with Gasteiger partial charge in [0.15, 0.2) is 0 Å². The van der Waals surface area contributed by atoms with E-state index in [1.807, 2.05) is 0 Å². The molecule has 0 atom stereocenters. The summed E-state index contributed by atoms with van der Waals surface area (Å²) in [5.74, 6) is 0. The van der Waals surface area contributed by atoms with Gasteiger partial charge in [0.25, 0.3) is 10.1 Å². The van der Waals surface area contributed by atoms with Gasteiger partial charge < -0.3 is 0 Å². The summed E-state index contributed by atoms with van der Waals surface area (Å²) >= 11 is 3.32. The zero-order chi connectivity index (χ0) is 11.1. The summed E-state index contributed by atoms with van der Waals surface area (Å²) < 4.78 is 32.0. The van der Waals surface area contributed by atoms with Crippen molar-refractivity contribution in [1.82, 2.24) is 0 Å². The maximum atomic E-state index is 11.1. The van der Waals surface area contributed by atoms with E-state index in [0.29, 0.717) is 5.39 Å². The lowest BCUT2D eigenvalue weighted by Gasteiger charge is -2.04. The Labute approximate surface area is 95.6 Å². The lowest BCUT2D eigenvalue weighted by atomic mass is 10.1. The quantitative estimate of drug-likeness (QED) is 0.820. The summed E-state index contributed by atoms with van der Waals surface area (Å²) in [6, 6.07) is 9.95. The van der Waals surface area contributed by atoms with Crippen molar-refractivity contribution >= 4 is 36.8 Å². The van der Waals surface area contributed by atoms with Crippen LogP contribution in [-0.2, 0) is 10.1 Å². The molecule has 0 amide bonds. The van der Waals surface area contributed by atoms with Gasteiger partial charge in [-0.15, -0.1) is 0 Å². The van der Waals surface area contributed by atoms with E-state index in [1.54, 1.807) is 30.3 Å². The molecule has 0 aliphatic carbocycles. The summed E-state index contributed by atoms with van der Waals surface area (Å²) in [5, 5.41) is 1.27. The van der Waals surface area contributed by atoms with Crippen LogP contribution in [0.3, 0.4) is 0 Å². The predicted octanol–water partition coefficient (Wildman–Crippen LogP) is 2.85. The van der Waals surface area contributed by atoms with Crippen LogP contribution in [0.2, 0.25) is 0 Å². The Hall–Kier alpha value is -0.910. The van der Waals surface area contributed by atoms with Crippen LogP contribution in [0, 0.1) is 0 Å². The van der Waals surface area contributed by atoms with Crippen molar-refractivity contribution in [2.45, 2.75) is 4.90 Å². The van der Waals surface area contributed by atoms with Gasteiger partial charge in [0.2, 0.25) is 0 Å². The monoisotopic (exact) mass is 286 g/mol. The highest BCUT2D eigenvalue weighted by Crippen LogP contribution is 2.29. The Morgan fingerprint density at radius 1 is 1.00 bits per heavy atom. The second kappa shape index (κ2) is 3.59. The number of rotatable bonds is 1. The van der Waals surface area contributed by atoms with Crippen molar-refractivity contribution in [3.63, 3.8) is 0 Å². The van der Waals surface area contributed by atoms with Crippen LogP contribution in [-0.4, -0.2) is 13.0 Å². The molecule has 0 saturated heterocycles. The van der Waals surface area contributed by atoms with Gasteiger partial charge in [-0.05, 0) is 17.5 Å². The largest absolute Gasteiger partial charge is 0.295 e. The van der Waals surface area contributed by atoms with Crippen molar-refractivity contribution in [2.24, 2.45) is 0 Å². The fraction of sp³-hybridized carbons (Fsp3) is 0. The predicted molar refractivity (Wildman–Crippen MR) is 61.5 cm³/mol. The fourth-order valence-corrected chi connectivity index (χ4v) is 2.63. The van der Waals surface area contributed by atoms with Crippen LogP contribution < -0.4 is 0 Å². The average molecular weight is 287 g/mol. The van der Waals surface area contributed by atoms with E-state index < -0.39 is 10.1 Å². The molecule has 5 heteroatoms. The molecule has 0 heterocycles. The van der Waals surface area contributed by atoms with Gasteiger partial charge in [-0.25, -0.2) is 0 Å². The third-order valence-electron chi connectivity index (χ3n) is 2.11. The minimum Gasteiger partial charge on any atom is -0.282 e. The zero-order valence-electron chi connectivity index (χ0n) is 7.51. The molecule has 2 rings (SSSR count). The molecule has 0 aliphatic heterocycles. The zero-order valence-corrected chi connectivity index (χ0v) is 9.92. The van der Waals surface area contributed by atoms with Crippen LogP contribution in [0.5, 0.6) is 0 Å². The maximum absolute atomic E-state index is 11.1. The number of hydrogen-bond acceptors (Lipinski definition) is 2. The Bertz CT molecular complexity index is 620. The SMILES string of the molecule is O=S(=O)(O)c1ccc(Br)c2ccccc12. The molecule has 0 aromatic heterocycles. The highest BCUT2D eigenvalue weighted by molar-refractivity contribution is 9.10. The molecule has 3 nitrogen and oxygen atoms in total. The Kier molecular flexibility index (Phi) is 2.54. The molecule has 2 aromatic carbocycles. The standard InChI is InChI=1S/C10H7BrO3S/c11-9-5-6-10(15(12,13)14)8-4-2-1-3-7(8)9/h1-6H,(H,12,13,14). The van der Waals surface area contributed by atoms with Crippen LogP contribution >= 0.6 is 15.9 Å². The third kappa shape index (κ3) is 1.90. The molecular weight excluding hydrogens is 280 g/mol. The molecule has 2 aromatic rings. The lowest BCUT2D eigenvalue weighted by Crippen LogP contribution is -1.98. The topological polar surface area (TPSA) is 54.4 Å². The van der Waals surface area contributed by atoms with Gasteiger partial charge in [-0.3, -0.25) is 4.55 Å². The molecular formula is C10H7BrO3S. The van der Waals surface area contributed by atoms with Crippen LogP contribution in [0.15, 0.2) is 45.8 Å². The van der Waals surface area contributed by atoms with Gasteiger partial charge in [0, 0.05) is 9.86 Å². The van der Waals surface area contributed by atoms with Crippen molar-refractivity contribution in [1.29, 1.82) is 0 Å². The van der Waals surface area contributed by atoms with E-state index in [1.165, 1.54) is 6.07 Å². The number of fused-ring (bicyclic) bond motifs is 1. The number of halogens is 1. The van der Waals surface area contributed by atoms with Crippen molar-refractivity contribution in [3.05, 3.63) is 40.9 Å². The van der Waals surface area contributed by atoms with Crippen molar-refractivity contribution in [3.8, 4) is 0 Å². The van der Waals surface area contributed by atoms with Gasteiger partial charge in [0.1, 0.15) is 4.90 Å². The Balaban J connectivity index is 2.96. The van der Waals surface area contributed by atoms with E-state index in [4.69, 9.17) is 4.55 Å². The lowest BCUT2D eigenvalue weighted by molar-refractivity contribution is 0.484. The highest BCUT2D eigenvalue weighted by Gasteiger charge is 2.14. The van der Waals surface area contributed by atoms with Crippen LogP contribution in [0.25, 0.3) is 10.8 Å². The van der Waals surface area contributed by atoms with Crippen LogP contribution in [0.4, 0.5) is 0 Å². The van der Waals surface area contributed by atoms with Gasteiger partial charge in [0.05, 0.1) is 0 Å². The summed E-state index contributed by atoms with van der Waals surface area (Å²) in [5.41, 5.74) is 0. The molecule has 0 bridgehead atoms. The molecule has 0 saturated carbocycles. The number of benzene rings is 2. The van der Waals surface area contributed by atoms with E-state index in [-0.39, 0.29) is 4.90 Å². The second-order valence-electron chi connectivity index (χ2n) is 3.07. The fourth-order valence-electron chi connectivity index (χ4n) is 1.46. The minimum absolute atomic E-state index is 0.0682. The molecule has 1 N–H and O–H groups in total. The van der Waals surface area contributed by atoms with Crippen molar-refractivity contribution in [2.75, 3.05) is 0 Å². The molecule has 78 valence electrons. The van der Waals surface area contributed by atoms with E-state index >= 15 is 0 Å². The Morgan fingerprint density at radius 2 is 1.60 bits per heavy atom. The van der Waals surface area contributed by atoms with Gasteiger partial charge in [-0.1, -0.05) is 40.2 Å². The molecule has 0 spiro atoms. The Morgan fingerprint density at radius 3 is 2.20 bits per heavy atom. The van der Waals surface area contributed by atoms with E-state index in [0.717, 1.165) is 9.86 Å². The molecule has 0 fully saturated rings. The minimum atomic E-state index is -4.17. The van der Waals surface area contributed by atoms with Gasteiger partial charge in [-0.2, -0.15) is 8.42 Å². The molecule has 0 unspecified atom stereocenters. The van der Waals surface area contributed by atoms with E-state index in [9.17, 15) is 8.42 Å². The molecule has 0 aliphatic rings. The maximum Gasteiger partial charge on any atom is 0.295 e. The summed E-state index contributed by atoms with van der Waals surface area (Å²) in [6.07, 6.45) is 0. The summed E-state index contributed by atoms with van der Waals surface area (Å²) in [4.78, 5) is -0.0682. The molecule has 15 heavy (non-hydrogen) atoms. The van der Waals surface area contributed by atoms with Crippen molar-refractivity contribution < 1.29 is 13.0 Å². The van der Waals surface area contributed by atoms with Gasteiger partial charge >= 0.3 is 0 Å². The summed E-state index contributed by atoms with van der Waals surface area (Å²) in [7, 11) is -4.17. The normalized spacial score (nSPS) is 11.9. The first-order valence-corrected chi connectivity index (χ1v) is 6.38. The first kappa shape index (κ1) is 10.6. The average Bonchev–Trinajstić information content (AvgIpc) is 2.17. The molecule has 0 radical (unpaired) electrons. The third-order valence-corrected chi connectivity index (χ3v) is 3.71. The number of hydrogen-bond donors (Lipinski definition) is 1. The van der Waals surface area contributed by atoms with Crippen LogP contribution in [0.1, 0.15) is 0 Å². The summed E-state index contributed by atoms with van der Waals surface area (Å²) in [6.45, 7) is 0.